The van der Waals surface area contributed by atoms with E-state index in [4.69, 9.17) is 12.2 Å². The first-order valence-corrected chi connectivity index (χ1v) is 11.7. The molecule has 0 aliphatic heterocycles. The van der Waals surface area contributed by atoms with Crippen LogP contribution in [0.4, 0.5) is 9.52 Å². The van der Waals surface area contributed by atoms with Gasteiger partial charge < -0.3 is 5.32 Å². The predicted molar refractivity (Wildman–Crippen MR) is 118 cm³/mol. The predicted octanol–water partition coefficient (Wildman–Crippen LogP) is 3.00. The van der Waals surface area contributed by atoms with E-state index < -0.39 is 32.7 Å². The van der Waals surface area contributed by atoms with Crippen LogP contribution in [0, 0.1) is 17.5 Å². The lowest BCUT2D eigenvalue weighted by molar-refractivity contribution is -0.117. The maximum absolute atomic E-state index is 13.8. The number of aromatic nitrogens is 4. The average Bonchev–Trinajstić information content (AvgIpc) is 3.24. The van der Waals surface area contributed by atoms with Crippen molar-refractivity contribution in [3.05, 3.63) is 53.2 Å². The van der Waals surface area contributed by atoms with Gasteiger partial charge in [0.05, 0.1) is 16.6 Å². The summed E-state index contributed by atoms with van der Waals surface area (Å²) in [5, 5.41) is 9.76. The van der Waals surface area contributed by atoms with Crippen molar-refractivity contribution in [2.75, 3.05) is 5.32 Å². The second-order valence-corrected chi connectivity index (χ2v) is 9.52. The first-order chi connectivity index (χ1) is 14.6. The molecule has 0 bridgehead atoms. The van der Waals surface area contributed by atoms with Gasteiger partial charge in [0, 0.05) is 6.54 Å². The number of amides is 1. The van der Waals surface area contributed by atoms with Gasteiger partial charge in [-0.3, -0.25) is 14.5 Å². The third-order valence-electron chi connectivity index (χ3n) is 4.15. The highest BCUT2D eigenvalue weighted by molar-refractivity contribution is 7.89. The molecule has 2 aromatic heterocycles. The van der Waals surface area contributed by atoms with Crippen LogP contribution in [-0.4, -0.2) is 40.1 Å². The molecule has 1 aromatic carbocycles. The maximum atomic E-state index is 13.8. The Labute approximate surface area is 187 Å². The van der Waals surface area contributed by atoms with Gasteiger partial charge >= 0.3 is 0 Å². The van der Waals surface area contributed by atoms with Crippen LogP contribution < -0.4 is 10.0 Å². The topological polar surface area (TPSA) is 122 Å². The Hall–Kier alpha value is -2.74. The molecule has 0 aliphatic rings. The van der Waals surface area contributed by atoms with E-state index in [-0.39, 0.29) is 5.13 Å². The fraction of sp³-hybridized carbons (Fsp3) is 0.222. The first-order valence-electron chi connectivity index (χ1n) is 8.95. The minimum Gasteiger partial charge on any atom is -0.301 e. The number of aryl methyl sites for hydroxylation is 1. The number of anilines is 1. The Bertz CT molecular complexity index is 1290. The second kappa shape index (κ2) is 9.18. The van der Waals surface area contributed by atoms with E-state index in [2.05, 4.69) is 31.8 Å². The zero-order valence-corrected chi connectivity index (χ0v) is 19.0. The Kier molecular flexibility index (Phi) is 6.79. The first kappa shape index (κ1) is 22.9. The number of benzene rings is 1. The van der Waals surface area contributed by atoms with Crippen LogP contribution in [0.15, 0.2) is 41.8 Å². The molecule has 0 unspecified atom stereocenters. The van der Waals surface area contributed by atoms with E-state index in [0.29, 0.717) is 27.7 Å². The summed E-state index contributed by atoms with van der Waals surface area (Å²) in [6.07, 6.45) is 1.68. The highest BCUT2D eigenvalue weighted by atomic mass is 32.2. The number of sulfonamides is 1. The summed E-state index contributed by atoms with van der Waals surface area (Å²) in [6.45, 7) is 7.24. The molecule has 0 fully saturated rings. The standard InChI is InChI=1S/C18H19FN6O3S3/c1-4-9-25-15(22-23-18(25)29)14-10(2)20-17(30-14)21-16(26)11(3)24-31(27,28)13-8-6-5-7-12(13)19/h4-8,11,24H,1,9H2,2-3H3,(H,23,29)(H,20,21,26)/t11-/m0/s1. The Morgan fingerprint density at radius 3 is 2.84 bits per heavy atom. The summed E-state index contributed by atoms with van der Waals surface area (Å²) in [7, 11) is -4.22. The molecule has 2 heterocycles. The van der Waals surface area contributed by atoms with Crippen molar-refractivity contribution >= 4 is 44.6 Å². The monoisotopic (exact) mass is 482 g/mol. The Morgan fingerprint density at radius 2 is 2.16 bits per heavy atom. The summed E-state index contributed by atoms with van der Waals surface area (Å²) in [5.41, 5.74) is 0.610. The number of rotatable bonds is 8. The zero-order chi connectivity index (χ0) is 22.8. The van der Waals surface area contributed by atoms with Crippen molar-refractivity contribution in [3.63, 3.8) is 0 Å². The Morgan fingerprint density at radius 1 is 1.45 bits per heavy atom. The third kappa shape index (κ3) is 4.95. The number of nitrogens with one attached hydrogen (secondary N) is 3. The molecule has 0 saturated carbocycles. The van der Waals surface area contributed by atoms with Gasteiger partial charge in [-0.2, -0.15) is 9.82 Å². The molecule has 0 saturated heterocycles. The molecule has 1 amide bonds. The number of hydrogen-bond donors (Lipinski definition) is 3. The molecular formula is C18H19FN6O3S3. The maximum Gasteiger partial charge on any atom is 0.244 e. The van der Waals surface area contributed by atoms with Crippen molar-refractivity contribution in [1.82, 2.24) is 24.5 Å². The van der Waals surface area contributed by atoms with Crippen LogP contribution in [0.3, 0.4) is 0 Å². The van der Waals surface area contributed by atoms with Crippen LogP contribution in [0.1, 0.15) is 12.6 Å². The molecule has 1 atom stereocenters. The molecule has 164 valence electrons. The van der Waals surface area contributed by atoms with Crippen LogP contribution in [0.5, 0.6) is 0 Å². The van der Waals surface area contributed by atoms with Crippen LogP contribution in [-0.2, 0) is 21.4 Å². The van der Waals surface area contributed by atoms with Gasteiger partial charge in [0.25, 0.3) is 0 Å². The molecule has 3 rings (SSSR count). The van der Waals surface area contributed by atoms with Crippen molar-refractivity contribution in [2.24, 2.45) is 0 Å². The number of thiazole rings is 1. The fourth-order valence-electron chi connectivity index (χ4n) is 2.67. The lowest BCUT2D eigenvalue weighted by atomic mass is 10.3. The van der Waals surface area contributed by atoms with E-state index in [0.717, 1.165) is 23.5 Å². The number of carbonyl (C=O) groups excluding carboxylic acids is 1. The molecule has 9 nitrogen and oxygen atoms in total. The van der Waals surface area contributed by atoms with Gasteiger partial charge in [-0.1, -0.05) is 29.5 Å². The largest absolute Gasteiger partial charge is 0.301 e. The molecule has 13 heteroatoms. The van der Waals surface area contributed by atoms with Gasteiger partial charge in [-0.15, -0.1) is 6.58 Å². The normalized spacial score (nSPS) is 12.5. The average molecular weight is 483 g/mol. The smallest absolute Gasteiger partial charge is 0.244 e. The summed E-state index contributed by atoms with van der Waals surface area (Å²) in [5.74, 6) is -1.00. The van der Waals surface area contributed by atoms with Gasteiger partial charge in [0.1, 0.15) is 10.7 Å². The number of hydrogen-bond acceptors (Lipinski definition) is 7. The van der Waals surface area contributed by atoms with Gasteiger partial charge in [-0.05, 0) is 38.2 Å². The quantitative estimate of drug-likeness (QED) is 0.335. The van der Waals surface area contributed by atoms with Crippen molar-refractivity contribution in [1.29, 1.82) is 0 Å². The highest BCUT2D eigenvalue weighted by Gasteiger charge is 2.25. The summed E-state index contributed by atoms with van der Waals surface area (Å²) in [4.78, 5) is 17.0. The second-order valence-electron chi connectivity index (χ2n) is 6.45. The lowest BCUT2D eigenvalue weighted by Crippen LogP contribution is -2.41. The molecule has 0 aliphatic carbocycles. The molecular weight excluding hydrogens is 463 g/mol. The molecule has 0 radical (unpaired) electrons. The molecule has 3 aromatic rings. The number of allylic oxidation sites excluding steroid dienone is 1. The molecule has 0 spiro atoms. The van der Waals surface area contributed by atoms with E-state index in [1.807, 2.05) is 0 Å². The summed E-state index contributed by atoms with van der Waals surface area (Å²) in [6, 6.07) is 3.74. The van der Waals surface area contributed by atoms with E-state index in [9.17, 15) is 17.6 Å². The highest BCUT2D eigenvalue weighted by Crippen LogP contribution is 2.31. The number of carbonyl (C=O) groups is 1. The number of H-pyrrole nitrogens is 1. The number of nitrogens with zero attached hydrogens (tertiary/aromatic N) is 3. The molecule has 31 heavy (non-hydrogen) atoms. The van der Waals surface area contributed by atoms with Crippen LogP contribution in [0.2, 0.25) is 0 Å². The van der Waals surface area contributed by atoms with Gasteiger partial charge in [0.2, 0.25) is 15.9 Å². The van der Waals surface area contributed by atoms with E-state index in [1.165, 1.54) is 19.1 Å². The minimum atomic E-state index is -4.22. The lowest BCUT2D eigenvalue weighted by Gasteiger charge is -2.13. The van der Waals surface area contributed by atoms with Crippen LogP contribution in [0.25, 0.3) is 10.7 Å². The third-order valence-corrected chi connectivity index (χ3v) is 7.11. The number of halogens is 1. The van der Waals surface area contributed by atoms with Crippen LogP contribution >= 0.6 is 23.6 Å². The fourth-order valence-corrected chi connectivity index (χ4v) is 5.13. The summed E-state index contributed by atoms with van der Waals surface area (Å²) >= 11 is 6.38. The Balaban J connectivity index is 1.77. The zero-order valence-electron chi connectivity index (χ0n) is 16.5. The van der Waals surface area contributed by atoms with Crippen molar-refractivity contribution in [2.45, 2.75) is 31.3 Å². The molecule has 3 N–H and O–H groups in total. The minimum absolute atomic E-state index is 0.258. The van der Waals surface area contributed by atoms with Crippen molar-refractivity contribution < 1.29 is 17.6 Å². The number of aromatic amines is 1. The van der Waals surface area contributed by atoms with E-state index in [1.54, 1.807) is 17.6 Å². The summed E-state index contributed by atoms with van der Waals surface area (Å²) < 4.78 is 42.9. The van der Waals surface area contributed by atoms with Crippen molar-refractivity contribution in [3.8, 4) is 10.7 Å². The van der Waals surface area contributed by atoms with Gasteiger partial charge in [0.15, 0.2) is 15.7 Å². The van der Waals surface area contributed by atoms with E-state index >= 15 is 0 Å². The van der Waals surface area contributed by atoms with Gasteiger partial charge in [-0.25, -0.2) is 17.8 Å². The SMILES string of the molecule is C=CCn1c(-c2sc(NC(=O)[C@H](C)NS(=O)(=O)c3ccccc3F)nc2C)n[nH]c1=S.